The Morgan fingerprint density at radius 3 is 2.75 bits per heavy atom. The molecule has 0 amide bonds. The Morgan fingerprint density at radius 1 is 1.17 bits per heavy atom. The molecule has 1 saturated carbocycles. The van der Waals surface area contributed by atoms with Crippen molar-refractivity contribution in [3.05, 3.63) is 0 Å². The van der Waals surface area contributed by atoms with Crippen LogP contribution in [0, 0.1) is 0 Å². The van der Waals surface area contributed by atoms with E-state index in [9.17, 15) is 5.11 Å². The summed E-state index contributed by atoms with van der Waals surface area (Å²) >= 11 is 0. The molecule has 2 atom stereocenters. The van der Waals surface area contributed by atoms with Crippen LogP contribution in [0.1, 0.15) is 19.3 Å². The zero-order valence-electron chi connectivity index (χ0n) is 7.50. The molecule has 0 spiro atoms. The molecule has 0 aromatic carbocycles. The average Bonchev–Trinajstić information content (AvgIpc) is 2.30. The fourth-order valence-corrected chi connectivity index (χ4v) is 2.09. The van der Waals surface area contributed by atoms with E-state index < -0.39 is 0 Å². The van der Waals surface area contributed by atoms with Gasteiger partial charge in [0.1, 0.15) is 0 Å². The van der Waals surface area contributed by atoms with Gasteiger partial charge in [-0.2, -0.15) is 0 Å². The van der Waals surface area contributed by atoms with Crippen molar-refractivity contribution in [2.24, 2.45) is 0 Å². The van der Waals surface area contributed by atoms with Crippen LogP contribution in [0.3, 0.4) is 0 Å². The smallest absolute Gasteiger partial charge is 0.0696 e. The van der Waals surface area contributed by atoms with E-state index in [1.54, 1.807) is 0 Å². The van der Waals surface area contributed by atoms with E-state index in [2.05, 4.69) is 10.2 Å². The highest BCUT2D eigenvalue weighted by Gasteiger charge is 2.33. The standard InChI is InChI=1S/C9H18N2O/c12-9-3-2-8(9)11-6-1-4-10-5-7-11/h8-10,12H,1-7H2/t8-,9-/m1/s1. The topological polar surface area (TPSA) is 35.5 Å². The van der Waals surface area contributed by atoms with Crippen molar-refractivity contribution < 1.29 is 5.11 Å². The van der Waals surface area contributed by atoms with Gasteiger partial charge in [-0.15, -0.1) is 0 Å². The van der Waals surface area contributed by atoms with E-state index in [4.69, 9.17) is 0 Å². The minimum Gasteiger partial charge on any atom is -0.391 e. The number of hydrogen-bond donors (Lipinski definition) is 2. The fourth-order valence-electron chi connectivity index (χ4n) is 2.09. The average molecular weight is 170 g/mol. The SMILES string of the molecule is O[C@@H]1CC[C@H]1N1CCCNCC1. The van der Waals surface area contributed by atoms with Crippen molar-refractivity contribution in [2.75, 3.05) is 26.2 Å². The lowest BCUT2D eigenvalue weighted by molar-refractivity contribution is -0.0183. The van der Waals surface area contributed by atoms with Gasteiger partial charge in [0.25, 0.3) is 0 Å². The Morgan fingerprint density at radius 2 is 2.08 bits per heavy atom. The highest BCUT2D eigenvalue weighted by atomic mass is 16.3. The predicted molar refractivity (Wildman–Crippen MR) is 48.1 cm³/mol. The molecule has 1 aliphatic carbocycles. The first-order valence-electron chi connectivity index (χ1n) is 5.01. The normalized spacial score (nSPS) is 38.8. The number of aliphatic hydroxyl groups excluding tert-OH is 1. The van der Waals surface area contributed by atoms with E-state index in [0.717, 1.165) is 32.6 Å². The van der Waals surface area contributed by atoms with Gasteiger partial charge in [-0.3, -0.25) is 4.90 Å². The van der Waals surface area contributed by atoms with Crippen molar-refractivity contribution in [1.29, 1.82) is 0 Å². The van der Waals surface area contributed by atoms with Gasteiger partial charge in [0.05, 0.1) is 6.10 Å². The first kappa shape index (κ1) is 8.48. The number of hydrogen-bond acceptors (Lipinski definition) is 3. The molecule has 3 nitrogen and oxygen atoms in total. The van der Waals surface area contributed by atoms with Crippen LogP contribution in [0.4, 0.5) is 0 Å². The largest absolute Gasteiger partial charge is 0.391 e. The molecule has 0 aromatic heterocycles. The maximum atomic E-state index is 9.49. The van der Waals surface area contributed by atoms with E-state index in [1.165, 1.54) is 12.8 Å². The molecule has 2 aliphatic rings. The minimum absolute atomic E-state index is 0.0388. The summed E-state index contributed by atoms with van der Waals surface area (Å²) in [6.07, 6.45) is 3.39. The van der Waals surface area contributed by atoms with Gasteiger partial charge >= 0.3 is 0 Å². The highest BCUT2D eigenvalue weighted by molar-refractivity contribution is 4.89. The summed E-state index contributed by atoms with van der Waals surface area (Å²) in [5, 5.41) is 12.9. The second kappa shape index (κ2) is 3.73. The number of aliphatic hydroxyl groups is 1. The molecule has 3 heteroatoms. The van der Waals surface area contributed by atoms with E-state index in [-0.39, 0.29) is 6.10 Å². The zero-order valence-corrected chi connectivity index (χ0v) is 7.50. The van der Waals surface area contributed by atoms with Crippen molar-refractivity contribution in [3.8, 4) is 0 Å². The van der Waals surface area contributed by atoms with Crippen molar-refractivity contribution in [2.45, 2.75) is 31.4 Å². The maximum Gasteiger partial charge on any atom is 0.0696 e. The minimum atomic E-state index is -0.0388. The third-order valence-corrected chi connectivity index (χ3v) is 3.05. The maximum absolute atomic E-state index is 9.49. The second-order valence-electron chi connectivity index (χ2n) is 3.85. The summed E-state index contributed by atoms with van der Waals surface area (Å²) in [6.45, 7) is 4.50. The quantitative estimate of drug-likeness (QED) is 0.572. The zero-order chi connectivity index (χ0) is 8.39. The Balaban J connectivity index is 1.84. The summed E-state index contributed by atoms with van der Waals surface area (Å²) in [5.41, 5.74) is 0. The van der Waals surface area contributed by atoms with Gasteiger partial charge in [-0.05, 0) is 32.4 Å². The van der Waals surface area contributed by atoms with Crippen molar-refractivity contribution in [1.82, 2.24) is 10.2 Å². The molecule has 12 heavy (non-hydrogen) atoms. The molecule has 2 N–H and O–H groups in total. The lowest BCUT2D eigenvalue weighted by Gasteiger charge is -2.41. The van der Waals surface area contributed by atoms with Gasteiger partial charge in [0.15, 0.2) is 0 Å². The Bertz CT molecular complexity index is 143. The van der Waals surface area contributed by atoms with E-state index >= 15 is 0 Å². The molecule has 70 valence electrons. The number of rotatable bonds is 1. The molecule has 2 rings (SSSR count). The highest BCUT2D eigenvalue weighted by Crippen LogP contribution is 2.25. The van der Waals surface area contributed by atoms with Crippen molar-refractivity contribution in [3.63, 3.8) is 0 Å². The lowest BCUT2D eigenvalue weighted by Crippen LogP contribution is -2.51. The monoisotopic (exact) mass is 170 g/mol. The summed E-state index contributed by atoms with van der Waals surface area (Å²) in [7, 11) is 0. The van der Waals surface area contributed by atoms with Crippen LogP contribution in [-0.2, 0) is 0 Å². The van der Waals surface area contributed by atoms with Gasteiger partial charge in [0.2, 0.25) is 0 Å². The first-order valence-corrected chi connectivity index (χ1v) is 5.01. The molecule has 1 aliphatic heterocycles. The van der Waals surface area contributed by atoms with Gasteiger partial charge in [-0.25, -0.2) is 0 Å². The predicted octanol–water partition coefficient (Wildman–Crippen LogP) is -0.195. The Labute approximate surface area is 73.8 Å². The van der Waals surface area contributed by atoms with Crippen LogP contribution in [0.25, 0.3) is 0 Å². The first-order chi connectivity index (χ1) is 5.88. The summed E-state index contributed by atoms with van der Waals surface area (Å²) < 4.78 is 0. The van der Waals surface area contributed by atoms with Crippen molar-refractivity contribution >= 4 is 0 Å². The molecular formula is C9H18N2O. The number of nitrogens with zero attached hydrogens (tertiary/aromatic N) is 1. The molecule has 2 fully saturated rings. The van der Waals surface area contributed by atoms with Gasteiger partial charge < -0.3 is 10.4 Å². The lowest BCUT2D eigenvalue weighted by atomic mass is 9.87. The fraction of sp³-hybridized carbons (Fsp3) is 1.00. The van der Waals surface area contributed by atoms with Gasteiger partial charge in [-0.1, -0.05) is 0 Å². The molecule has 0 radical (unpaired) electrons. The summed E-state index contributed by atoms with van der Waals surface area (Å²) in [6, 6.07) is 0.477. The summed E-state index contributed by atoms with van der Waals surface area (Å²) in [4.78, 5) is 2.44. The van der Waals surface area contributed by atoms with E-state index in [0.29, 0.717) is 6.04 Å². The molecular weight excluding hydrogens is 152 g/mol. The molecule has 0 aromatic rings. The molecule has 1 saturated heterocycles. The van der Waals surface area contributed by atoms with Crippen LogP contribution in [0.2, 0.25) is 0 Å². The van der Waals surface area contributed by atoms with Crippen LogP contribution >= 0.6 is 0 Å². The molecule has 0 unspecified atom stereocenters. The second-order valence-corrected chi connectivity index (χ2v) is 3.85. The Hall–Kier alpha value is -0.120. The third kappa shape index (κ3) is 1.63. The summed E-state index contributed by atoms with van der Waals surface area (Å²) in [5.74, 6) is 0. The van der Waals surface area contributed by atoms with Crippen LogP contribution < -0.4 is 5.32 Å². The number of nitrogens with one attached hydrogen (secondary N) is 1. The third-order valence-electron chi connectivity index (χ3n) is 3.05. The Kier molecular flexibility index (Phi) is 2.63. The van der Waals surface area contributed by atoms with Crippen LogP contribution in [0.15, 0.2) is 0 Å². The van der Waals surface area contributed by atoms with Crippen LogP contribution in [0.5, 0.6) is 0 Å². The molecule has 0 bridgehead atoms. The van der Waals surface area contributed by atoms with E-state index in [1.807, 2.05) is 0 Å². The van der Waals surface area contributed by atoms with Crippen LogP contribution in [-0.4, -0.2) is 48.3 Å². The molecule has 1 heterocycles. The van der Waals surface area contributed by atoms with Gasteiger partial charge in [0, 0.05) is 19.1 Å².